The third kappa shape index (κ3) is 4.09. The number of rotatable bonds is 6. The number of carbonyl (C=O) groups excluding carboxylic acids is 3. The van der Waals surface area contributed by atoms with Crippen LogP contribution in [0.5, 0.6) is 0 Å². The van der Waals surface area contributed by atoms with Crippen molar-refractivity contribution in [3.8, 4) is 0 Å². The lowest BCUT2D eigenvalue weighted by molar-refractivity contribution is -0.136. The number of benzene rings is 2. The smallest absolute Gasteiger partial charge is 0.290 e. The Morgan fingerprint density at radius 3 is 2.55 bits per heavy atom. The van der Waals surface area contributed by atoms with Crippen LogP contribution in [-0.2, 0) is 4.79 Å². The molecule has 196 valence electrons. The summed E-state index contributed by atoms with van der Waals surface area (Å²) in [5.41, 5.74) is 2.47. The summed E-state index contributed by atoms with van der Waals surface area (Å²) in [5.74, 6) is -0.888. The van der Waals surface area contributed by atoms with Crippen LogP contribution < -0.4 is 5.32 Å². The highest BCUT2D eigenvalue weighted by molar-refractivity contribution is 6.00. The third-order valence-corrected chi connectivity index (χ3v) is 7.97. The number of aromatic nitrogens is 3. The molecule has 0 saturated carbocycles. The number of halogens is 1. The maximum atomic E-state index is 13.7. The molecule has 4 heterocycles. The summed E-state index contributed by atoms with van der Waals surface area (Å²) in [6.07, 6.45) is 1.40. The number of carbonyl (C=O) groups is 3. The lowest BCUT2D eigenvalue weighted by atomic mass is 9.97. The number of nitrogens with zero attached hydrogens (tertiary/aromatic N) is 3. The highest BCUT2D eigenvalue weighted by Crippen LogP contribution is 2.33. The monoisotopic (exact) mass is 516 g/mol. The molecule has 9 nitrogen and oxygen atoms in total. The highest BCUT2D eigenvalue weighted by Gasteiger charge is 2.49. The Hall–Kier alpha value is -4.21. The molecule has 4 aromatic rings. The average Bonchev–Trinajstić information content (AvgIpc) is 3.71. The van der Waals surface area contributed by atoms with E-state index in [2.05, 4.69) is 20.3 Å². The molecule has 2 fully saturated rings. The van der Waals surface area contributed by atoms with Gasteiger partial charge in [-0.05, 0) is 48.7 Å². The minimum absolute atomic E-state index is 0.0958. The first-order valence-corrected chi connectivity index (χ1v) is 13.0. The predicted octanol–water partition coefficient (Wildman–Crippen LogP) is 3.45. The van der Waals surface area contributed by atoms with E-state index in [4.69, 9.17) is 0 Å². The van der Waals surface area contributed by atoms with Gasteiger partial charge in [0.2, 0.25) is 5.91 Å². The second-order valence-electron chi connectivity index (χ2n) is 10.3. The fourth-order valence-corrected chi connectivity index (χ4v) is 5.68. The standard InChI is InChI=1S/C28H29FN6O3/c1-3-15(2)24(33-26(36)23-11-16-10-17(29)8-9-20(16)30-23)27(37)34-13-19-12-18(34)14-35(19)28(38)25-31-21-6-4-5-7-22(21)32-25/h4-11,15,18-19,24,30H,3,12-14H2,1-2H3,(H,31,32)(H,33,36)/t15-,18-,19-,24-/m0/s1. The van der Waals surface area contributed by atoms with Gasteiger partial charge in [0.05, 0.1) is 23.1 Å². The zero-order valence-corrected chi connectivity index (χ0v) is 21.2. The van der Waals surface area contributed by atoms with Gasteiger partial charge in [-0.2, -0.15) is 0 Å². The van der Waals surface area contributed by atoms with E-state index >= 15 is 0 Å². The third-order valence-electron chi connectivity index (χ3n) is 7.97. The van der Waals surface area contributed by atoms with Gasteiger partial charge in [-0.25, -0.2) is 9.37 Å². The lowest BCUT2D eigenvalue weighted by Gasteiger charge is -2.37. The predicted molar refractivity (Wildman–Crippen MR) is 140 cm³/mol. The van der Waals surface area contributed by atoms with Gasteiger partial charge in [0.1, 0.15) is 17.6 Å². The van der Waals surface area contributed by atoms with Gasteiger partial charge in [0.15, 0.2) is 5.82 Å². The molecule has 2 bridgehead atoms. The Bertz CT molecular complexity index is 1530. The molecule has 3 amide bonds. The van der Waals surface area contributed by atoms with Gasteiger partial charge in [0, 0.05) is 24.0 Å². The van der Waals surface area contributed by atoms with E-state index in [0.29, 0.717) is 42.7 Å². The maximum Gasteiger partial charge on any atom is 0.290 e. The summed E-state index contributed by atoms with van der Waals surface area (Å²) in [5, 5.41) is 3.51. The SMILES string of the molecule is CC[C@H](C)[C@H](NC(=O)c1cc2cc(F)ccc2[nH]1)C(=O)N1C[C@@H]2C[C@H]1CN2C(=O)c1nc2ccccc2[nH]1. The van der Waals surface area contributed by atoms with Crippen LogP contribution >= 0.6 is 0 Å². The zero-order valence-electron chi connectivity index (χ0n) is 21.2. The van der Waals surface area contributed by atoms with E-state index < -0.39 is 11.9 Å². The highest BCUT2D eigenvalue weighted by atomic mass is 19.1. The topological polar surface area (TPSA) is 114 Å². The van der Waals surface area contributed by atoms with E-state index in [0.717, 1.165) is 11.0 Å². The molecule has 2 saturated heterocycles. The van der Waals surface area contributed by atoms with Crippen molar-refractivity contribution < 1.29 is 18.8 Å². The quantitative estimate of drug-likeness (QED) is 0.364. The first-order valence-electron chi connectivity index (χ1n) is 13.0. The molecule has 0 aliphatic carbocycles. The van der Waals surface area contributed by atoms with Crippen molar-refractivity contribution in [2.75, 3.05) is 13.1 Å². The number of nitrogens with one attached hydrogen (secondary N) is 3. The van der Waals surface area contributed by atoms with E-state index in [1.165, 1.54) is 12.1 Å². The fourth-order valence-electron chi connectivity index (χ4n) is 5.68. The minimum Gasteiger partial charge on any atom is -0.351 e. The van der Waals surface area contributed by atoms with Crippen LogP contribution in [0.2, 0.25) is 0 Å². The lowest BCUT2D eigenvalue weighted by Crippen LogP contribution is -2.57. The first kappa shape index (κ1) is 24.1. The van der Waals surface area contributed by atoms with Crippen LogP contribution in [0.3, 0.4) is 0 Å². The van der Waals surface area contributed by atoms with E-state index in [9.17, 15) is 18.8 Å². The number of likely N-dealkylation sites (tertiary alicyclic amines) is 2. The first-order chi connectivity index (χ1) is 18.3. The van der Waals surface area contributed by atoms with Crippen LogP contribution in [0.4, 0.5) is 4.39 Å². The maximum absolute atomic E-state index is 13.7. The zero-order chi connectivity index (χ0) is 26.6. The van der Waals surface area contributed by atoms with Crippen LogP contribution in [0, 0.1) is 11.7 Å². The Labute approximate surface area is 218 Å². The second-order valence-corrected chi connectivity index (χ2v) is 10.3. The molecule has 2 aliphatic rings. The van der Waals surface area contributed by atoms with Gasteiger partial charge in [-0.1, -0.05) is 32.4 Å². The molecule has 0 spiro atoms. The molecule has 3 N–H and O–H groups in total. The number of H-pyrrole nitrogens is 2. The van der Waals surface area contributed by atoms with Crippen LogP contribution in [-0.4, -0.2) is 73.7 Å². The summed E-state index contributed by atoms with van der Waals surface area (Å²) in [4.78, 5) is 54.2. The molecule has 2 aromatic carbocycles. The molecule has 10 heteroatoms. The van der Waals surface area contributed by atoms with Gasteiger partial charge in [0.25, 0.3) is 11.8 Å². The van der Waals surface area contributed by atoms with Gasteiger partial charge in [-0.3, -0.25) is 14.4 Å². The van der Waals surface area contributed by atoms with Crippen LogP contribution in [0.15, 0.2) is 48.5 Å². The van der Waals surface area contributed by atoms with Gasteiger partial charge >= 0.3 is 0 Å². The van der Waals surface area contributed by atoms with Crippen molar-refractivity contribution in [3.63, 3.8) is 0 Å². The van der Waals surface area contributed by atoms with Crippen LogP contribution in [0.1, 0.15) is 47.8 Å². The Balaban J connectivity index is 1.16. The normalized spacial score (nSPS) is 20.3. The number of amides is 3. The second kappa shape index (κ2) is 9.27. The Morgan fingerprint density at radius 2 is 1.82 bits per heavy atom. The number of piperazine rings is 1. The molecule has 2 aromatic heterocycles. The molecule has 0 unspecified atom stereocenters. The van der Waals surface area contributed by atoms with Crippen molar-refractivity contribution >= 4 is 39.7 Å². The number of aromatic amines is 2. The molecule has 6 rings (SSSR count). The number of hydrogen-bond donors (Lipinski definition) is 3. The summed E-state index contributed by atoms with van der Waals surface area (Å²) in [7, 11) is 0. The molecule has 2 aliphatic heterocycles. The number of para-hydroxylation sites is 2. The Kier molecular flexibility index (Phi) is 5.89. The largest absolute Gasteiger partial charge is 0.351 e. The fraction of sp³-hybridized carbons (Fsp3) is 0.357. The number of fused-ring (bicyclic) bond motifs is 4. The van der Waals surface area contributed by atoms with Gasteiger partial charge < -0.3 is 25.1 Å². The summed E-state index contributed by atoms with van der Waals surface area (Å²) in [6, 6.07) is 12.4. The van der Waals surface area contributed by atoms with Crippen molar-refractivity contribution in [2.45, 2.75) is 44.8 Å². The van der Waals surface area contributed by atoms with Crippen molar-refractivity contribution in [3.05, 3.63) is 65.9 Å². The van der Waals surface area contributed by atoms with E-state index in [1.807, 2.05) is 43.0 Å². The minimum atomic E-state index is -0.713. The molecular formula is C28H29FN6O3. The van der Waals surface area contributed by atoms with Crippen molar-refractivity contribution in [1.82, 2.24) is 30.1 Å². The summed E-state index contributed by atoms with van der Waals surface area (Å²) in [6.45, 7) is 4.77. The average molecular weight is 517 g/mol. The molecular weight excluding hydrogens is 487 g/mol. The number of hydrogen-bond acceptors (Lipinski definition) is 4. The number of imidazole rings is 1. The van der Waals surface area contributed by atoms with Crippen molar-refractivity contribution in [1.29, 1.82) is 0 Å². The van der Waals surface area contributed by atoms with E-state index in [-0.39, 0.29) is 41.3 Å². The molecule has 38 heavy (non-hydrogen) atoms. The van der Waals surface area contributed by atoms with E-state index in [1.54, 1.807) is 17.0 Å². The molecule has 4 atom stereocenters. The van der Waals surface area contributed by atoms with Crippen molar-refractivity contribution in [2.24, 2.45) is 5.92 Å². The van der Waals surface area contributed by atoms with Gasteiger partial charge in [-0.15, -0.1) is 0 Å². The summed E-state index contributed by atoms with van der Waals surface area (Å²) >= 11 is 0. The Morgan fingerprint density at radius 1 is 1.05 bits per heavy atom. The summed E-state index contributed by atoms with van der Waals surface area (Å²) < 4.78 is 13.6. The molecule has 0 radical (unpaired) electrons. The van der Waals surface area contributed by atoms with Crippen LogP contribution in [0.25, 0.3) is 21.9 Å².